The van der Waals surface area contributed by atoms with E-state index in [0.717, 1.165) is 5.57 Å². The summed E-state index contributed by atoms with van der Waals surface area (Å²) in [5.41, 5.74) is 6.67. The minimum absolute atomic E-state index is 0.0109. The summed E-state index contributed by atoms with van der Waals surface area (Å²) in [6.07, 6.45) is 7.34. The minimum Gasteiger partial charge on any atom is -0.368 e. The van der Waals surface area contributed by atoms with Gasteiger partial charge >= 0.3 is 0 Å². The van der Waals surface area contributed by atoms with Crippen molar-refractivity contribution in [2.45, 2.75) is 34.6 Å². The Balaban J connectivity index is -0.000000663. The Labute approximate surface area is 163 Å². The highest BCUT2D eigenvalue weighted by Gasteiger charge is 2.11. The van der Waals surface area contributed by atoms with Crippen molar-refractivity contribution in [1.29, 1.82) is 0 Å². The van der Waals surface area contributed by atoms with E-state index in [1.165, 1.54) is 0 Å². The van der Waals surface area contributed by atoms with Gasteiger partial charge in [-0.2, -0.15) is 9.97 Å². The molecule has 0 saturated carbocycles. The maximum Gasteiger partial charge on any atom is 0.223 e. The highest BCUT2D eigenvalue weighted by Crippen LogP contribution is 2.27. The van der Waals surface area contributed by atoms with Crippen LogP contribution in [0.2, 0.25) is 5.15 Å². The first-order valence-corrected chi connectivity index (χ1v) is 8.69. The first-order chi connectivity index (χ1) is 12.5. The molecule has 0 atom stereocenters. The zero-order valence-electron chi connectivity index (χ0n) is 16.5. The number of nitrogens with two attached hydrogens (primary N) is 1. The van der Waals surface area contributed by atoms with Crippen LogP contribution in [0.3, 0.4) is 0 Å². The molecule has 0 fully saturated rings. The number of anilines is 3. The number of carbonyl (C=O) groups is 1. The first-order valence-electron chi connectivity index (χ1n) is 8.32. The number of hydrogen-bond acceptors (Lipinski definition) is 5. The molecule has 6 nitrogen and oxygen atoms in total. The van der Waals surface area contributed by atoms with Gasteiger partial charge in [0, 0.05) is 6.54 Å². The number of carbonyl (C=O) groups excluding carboxylic acids is 1. The van der Waals surface area contributed by atoms with Gasteiger partial charge in [0.15, 0.2) is 11.0 Å². The summed E-state index contributed by atoms with van der Waals surface area (Å²) in [6, 6.07) is 0. The molecule has 0 unspecified atom stereocenters. The number of hydrogen-bond donors (Lipinski definition) is 3. The van der Waals surface area contributed by atoms with Crippen LogP contribution in [0, 0.1) is 0 Å². The average molecular weight is 382 g/mol. The van der Waals surface area contributed by atoms with Crippen molar-refractivity contribution in [2.75, 3.05) is 22.9 Å². The van der Waals surface area contributed by atoms with Crippen molar-refractivity contribution in [3.05, 3.63) is 54.8 Å². The van der Waals surface area contributed by atoms with Crippen LogP contribution in [-0.4, -0.2) is 22.9 Å². The van der Waals surface area contributed by atoms with E-state index >= 15 is 0 Å². The molecule has 0 spiro atoms. The number of nitrogen functional groups attached to an aromatic ring is 1. The molecule has 26 heavy (non-hydrogen) atoms. The van der Waals surface area contributed by atoms with Crippen LogP contribution < -0.4 is 16.4 Å². The summed E-state index contributed by atoms with van der Waals surface area (Å²) in [5, 5.41) is 5.48. The van der Waals surface area contributed by atoms with Crippen LogP contribution >= 0.6 is 11.6 Å². The fourth-order valence-electron chi connectivity index (χ4n) is 1.30. The summed E-state index contributed by atoms with van der Waals surface area (Å²) in [7, 11) is 0. The lowest BCUT2D eigenvalue weighted by atomic mass is 10.2. The molecule has 1 amide bonds. The molecular weight excluding hydrogens is 350 g/mol. The lowest BCUT2D eigenvalue weighted by Crippen LogP contribution is -2.11. The summed E-state index contributed by atoms with van der Waals surface area (Å²) in [4.78, 5) is 18.3. The molecule has 0 radical (unpaired) electrons. The van der Waals surface area contributed by atoms with E-state index in [9.17, 15) is 4.79 Å². The maximum absolute atomic E-state index is 10.5. The van der Waals surface area contributed by atoms with Gasteiger partial charge in [-0.3, -0.25) is 4.79 Å². The van der Waals surface area contributed by atoms with Crippen LogP contribution in [0.1, 0.15) is 34.6 Å². The van der Waals surface area contributed by atoms with Gasteiger partial charge in [-0.1, -0.05) is 76.8 Å². The van der Waals surface area contributed by atoms with E-state index < -0.39 is 0 Å². The molecule has 1 aromatic rings. The standard InChI is InChI=1S/C12H14ClN5O.C3H6.2C2H6/c1-3-5-8(4-2)6-15-11-9(16-7-19)10(13)17-12(14)18-11;1-3-2;2*1-2/h3-5,7H,1-2,6H2,(H,16,19)(H3,14,15,17,18);3H,1H2,2H3;2*1-2H3/b8-5+;;;. The summed E-state index contributed by atoms with van der Waals surface area (Å²) < 4.78 is 0. The lowest BCUT2D eigenvalue weighted by Gasteiger charge is -2.12. The second kappa shape index (κ2) is 20.4. The highest BCUT2D eigenvalue weighted by atomic mass is 35.5. The van der Waals surface area contributed by atoms with E-state index in [0.29, 0.717) is 18.8 Å². The molecule has 0 aliphatic carbocycles. The lowest BCUT2D eigenvalue weighted by molar-refractivity contribution is -0.105. The second-order valence-corrected chi connectivity index (χ2v) is 4.16. The van der Waals surface area contributed by atoms with Gasteiger partial charge in [0.2, 0.25) is 12.4 Å². The largest absolute Gasteiger partial charge is 0.368 e. The molecular formula is C19H32ClN5O. The molecule has 0 aliphatic rings. The predicted octanol–water partition coefficient (Wildman–Crippen LogP) is 5.24. The zero-order chi connectivity index (χ0) is 21.0. The number of amides is 1. The molecule has 146 valence electrons. The third-order valence-electron chi connectivity index (χ3n) is 2.14. The van der Waals surface area contributed by atoms with Crippen LogP contribution in [0.4, 0.5) is 17.5 Å². The predicted molar refractivity (Wildman–Crippen MR) is 117 cm³/mol. The van der Waals surface area contributed by atoms with Crippen LogP contribution in [-0.2, 0) is 4.79 Å². The van der Waals surface area contributed by atoms with Gasteiger partial charge < -0.3 is 16.4 Å². The van der Waals surface area contributed by atoms with Gasteiger partial charge in [-0.25, -0.2) is 0 Å². The quantitative estimate of drug-likeness (QED) is 0.260. The molecule has 0 bridgehead atoms. The van der Waals surface area contributed by atoms with E-state index in [-0.39, 0.29) is 16.8 Å². The smallest absolute Gasteiger partial charge is 0.223 e. The summed E-state index contributed by atoms with van der Waals surface area (Å²) in [6.45, 7) is 21.0. The second-order valence-electron chi connectivity index (χ2n) is 3.80. The normalized spacial score (nSPS) is 8.77. The SMILES string of the molecule is C=C/C=C(\C=C)CNc1nc(N)nc(Cl)c1NC=O.C=CC.CC.CC. The molecule has 4 N–H and O–H groups in total. The number of nitrogens with zero attached hydrogens (tertiary/aromatic N) is 2. The minimum atomic E-state index is 0.0109. The zero-order valence-corrected chi connectivity index (χ0v) is 17.2. The Hall–Kier alpha value is -2.60. The molecule has 0 saturated heterocycles. The topological polar surface area (TPSA) is 92.9 Å². The average Bonchev–Trinajstić information content (AvgIpc) is 2.65. The number of aromatic nitrogens is 2. The maximum atomic E-state index is 10.5. The molecule has 7 heteroatoms. The van der Waals surface area contributed by atoms with Crippen molar-refractivity contribution in [2.24, 2.45) is 0 Å². The number of allylic oxidation sites excluding steroid dienone is 3. The Bertz CT molecular complexity index is 571. The molecule has 0 aliphatic heterocycles. The number of rotatable bonds is 7. The monoisotopic (exact) mass is 381 g/mol. The molecule has 1 aromatic heterocycles. The van der Waals surface area contributed by atoms with Gasteiger partial charge in [0.1, 0.15) is 5.69 Å². The Morgan fingerprint density at radius 2 is 1.73 bits per heavy atom. The van der Waals surface area contributed by atoms with Crippen LogP contribution in [0.25, 0.3) is 0 Å². The third-order valence-corrected chi connectivity index (χ3v) is 2.41. The number of halogens is 1. The van der Waals surface area contributed by atoms with E-state index in [1.54, 1.807) is 24.3 Å². The Morgan fingerprint density at radius 3 is 2.15 bits per heavy atom. The van der Waals surface area contributed by atoms with Crippen LogP contribution in [0.15, 0.2) is 49.6 Å². The molecule has 0 aromatic carbocycles. The fourth-order valence-corrected chi connectivity index (χ4v) is 1.53. The fraction of sp³-hybridized carbons (Fsp3) is 0.316. The van der Waals surface area contributed by atoms with Gasteiger partial charge in [0.25, 0.3) is 0 Å². The van der Waals surface area contributed by atoms with Crippen molar-refractivity contribution in [1.82, 2.24) is 9.97 Å². The molecule has 1 heterocycles. The van der Waals surface area contributed by atoms with Gasteiger partial charge in [0.05, 0.1) is 0 Å². The van der Waals surface area contributed by atoms with Gasteiger partial charge in [-0.05, 0) is 12.5 Å². The van der Waals surface area contributed by atoms with Crippen molar-refractivity contribution >= 4 is 35.5 Å². The van der Waals surface area contributed by atoms with Gasteiger partial charge in [-0.15, -0.1) is 6.58 Å². The Morgan fingerprint density at radius 1 is 1.19 bits per heavy atom. The van der Waals surface area contributed by atoms with Crippen molar-refractivity contribution in [3.8, 4) is 0 Å². The first kappa shape index (κ1) is 28.2. The summed E-state index contributed by atoms with van der Waals surface area (Å²) in [5.74, 6) is 0.346. The summed E-state index contributed by atoms with van der Waals surface area (Å²) >= 11 is 5.88. The third kappa shape index (κ3) is 12.8. The number of nitrogens with one attached hydrogen (secondary N) is 2. The van der Waals surface area contributed by atoms with Crippen molar-refractivity contribution in [3.63, 3.8) is 0 Å². The van der Waals surface area contributed by atoms with E-state index in [4.69, 9.17) is 17.3 Å². The van der Waals surface area contributed by atoms with E-state index in [2.05, 4.69) is 40.3 Å². The van der Waals surface area contributed by atoms with Crippen molar-refractivity contribution < 1.29 is 4.79 Å². The van der Waals surface area contributed by atoms with E-state index in [1.807, 2.05) is 34.6 Å². The highest BCUT2D eigenvalue weighted by molar-refractivity contribution is 6.33. The molecule has 1 rings (SSSR count). The van der Waals surface area contributed by atoms with Crippen LogP contribution in [0.5, 0.6) is 0 Å². The Kier molecular flexibility index (Phi) is 22.2.